The van der Waals surface area contributed by atoms with Crippen LogP contribution in [-0.2, 0) is 0 Å². The van der Waals surface area contributed by atoms with Crippen molar-refractivity contribution < 1.29 is 35.5 Å². The van der Waals surface area contributed by atoms with Gasteiger partial charge < -0.3 is 4.42 Å². The molecular formula is C96H60N6OU. The molecule has 0 saturated carbocycles. The van der Waals surface area contributed by atoms with Crippen LogP contribution in [0.4, 0.5) is 0 Å². The van der Waals surface area contributed by atoms with E-state index in [1.807, 2.05) is 54.6 Å². The van der Waals surface area contributed by atoms with Crippen molar-refractivity contribution in [3.05, 3.63) is 376 Å². The number of aromatic nitrogens is 6. The van der Waals surface area contributed by atoms with E-state index in [2.05, 4.69) is 322 Å². The molecule has 0 spiro atoms. The zero-order valence-electron chi connectivity index (χ0n) is 56.2. The van der Waals surface area contributed by atoms with Crippen molar-refractivity contribution in [3.63, 3.8) is 0 Å². The standard InChI is InChI=1S/C96H60N6O.U/c1-5-16-63(17-6-1)67-28-30-71(31-29-67)73-42-52-79(53-43-73)91-97-92(100-95(99-91)83-25-15-24-81(60-83)75-34-32-68(33-35-75)64-18-7-2-8-19-64)80-54-44-74(45-55-80)72-36-46-76(47-37-72)85-58-57-84(61-88(85)82-56-59-87-86-26-13-14-27-89(86)103-90(87)62-82)96-101-93(77-48-38-69(39-49-77)65-20-9-3-10-21-65)98-94(102-96)78-50-40-70(41-51-78)66-22-11-4-12-23-66;/h1-18,20-32,34-62H;/q-2;+2. The second-order valence-corrected chi connectivity index (χ2v) is 25.6. The maximum Gasteiger partial charge on any atom is 2.00 e. The van der Waals surface area contributed by atoms with Crippen molar-refractivity contribution in [2.75, 3.05) is 0 Å². The van der Waals surface area contributed by atoms with Crippen molar-refractivity contribution in [2.45, 2.75) is 0 Å². The van der Waals surface area contributed by atoms with Crippen molar-refractivity contribution in [1.82, 2.24) is 29.9 Å². The third-order valence-electron chi connectivity index (χ3n) is 19.1. The molecule has 0 atom stereocenters. The second-order valence-electron chi connectivity index (χ2n) is 25.6. The largest absolute Gasteiger partial charge is 2.00 e. The number of fused-ring (bicyclic) bond motifs is 3. The average molecular weight is 1550 g/mol. The van der Waals surface area contributed by atoms with Crippen LogP contribution in [0.2, 0.25) is 0 Å². The van der Waals surface area contributed by atoms with Gasteiger partial charge in [-0.05, 0) is 102 Å². The molecule has 0 unspecified atom stereocenters. The van der Waals surface area contributed by atoms with Gasteiger partial charge in [0.2, 0.25) is 0 Å². The molecule has 104 heavy (non-hydrogen) atoms. The predicted octanol–water partition coefficient (Wildman–Crippen LogP) is 24.6. The molecule has 0 aliphatic carbocycles. The molecule has 3 heterocycles. The third kappa shape index (κ3) is 13.3. The van der Waals surface area contributed by atoms with E-state index < -0.39 is 0 Å². The first kappa shape index (κ1) is 64.5. The van der Waals surface area contributed by atoms with Gasteiger partial charge in [0, 0.05) is 44.2 Å². The maximum atomic E-state index is 6.55. The summed E-state index contributed by atoms with van der Waals surface area (Å²) >= 11 is 0. The number of nitrogens with zero attached hydrogens (tertiary/aromatic N) is 6. The van der Waals surface area contributed by atoms with Gasteiger partial charge in [-0.15, -0.1) is 23.8 Å². The summed E-state index contributed by atoms with van der Waals surface area (Å²) in [7, 11) is 0. The van der Waals surface area contributed by atoms with Crippen LogP contribution in [0, 0.1) is 43.2 Å². The van der Waals surface area contributed by atoms with Crippen LogP contribution in [-0.4, -0.2) is 29.9 Å². The topological polar surface area (TPSA) is 90.5 Å². The SMILES string of the molecule is [U+2].[c-]1ccccc1-c1[c-]cc(-c2cccc(-c3nc(-c4ccc(-c5ccc(-c6ccccc6)cc5)cc4)nc(-c4ccc(-c5ccc(-c6ccc(-c7nc(-c8ccc(-c9ccccc9)cc8)nc(-c8ccc(-c9ccccc9)cc8)n7)cc6-c6ccc7c(c6)oc6ccccc67)cc5)cc4)n3)c2)cc1. The summed E-state index contributed by atoms with van der Waals surface area (Å²) in [6, 6.07) is 133. The summed E-state index contributed by atoms with van der Waals surface area (Å²) in [4.78, 5) is 31.4. The first-order valence-electron chi connectivity index (χ1n) is 34.4. The number of benzene rings is 15. The average Bonchev–Trinajstić information content (AvgIpc) is 1.54. The van der Waals surface area contributed by atoms with Gasteiger partial charge in [-0.1, -0.05) is 303 Å². The Morgan fingerprint density at radius 3 is 0.971 bits per heavy atom. The van der Waals surface area contributed by atoms with Crippen LogP contribution in [0.15, 0.2) is 368 Å². The molecule has 0 aliphatic heterocycles. The predicted molar refractivity (Wildman–Crippen MR) is 420 cm³/mol. The molecule has 0 bridgehead atoms. The molecular weight excluding hydrogens is 1490 g/mol. The Balaban J connectivity index is 0.00000800. The van der Waals surface area contributed by atoms with Crippen molar-refractivity contribution >= 4 is 21.9 Å². The molecule has 0 aliphatic rings. The van der Waals surface area contributed by atoms with Crippen LogP contribution in [0.1, 0.15) is 0 Å². The molecule has 0 fully saturated rings. The Morgan fingerprint density at radius 1 is 0.192 bits per heavy atom. The molecule has 0 amide bonds. The van der Waals surface area contributed by atoms with Crippen LogP contribution in [0.5, 0.6) is 0 Å². The Morgan fingerprint density at radius 2 is 0.529 bits per heavy atom. The molecule has 18 rings (SSSR count). The summed E-state index contributed by atoms with van der Waals surface area (Å²) in [5.74, 6) is 3.44. The van der Waals surface area contributed by atoms with Crippen LogP contribution >= 0.6 is 0 Å². The minimum absolute atomic E-state index is 0. The van der Waals surface area contributed by atoms with E-state index >= 15 is 0 Å². The maximum absolute atomic E-state index is 6.55. The van der Waals surface area contributed by atoms with E-state index in [0.717, 1.165) is 144 Å². The number of para-hydroxylation sites is 1. The van der Waals surface area contributed by atoms with E-state index in [1.165, 1.54) is 11.1 Å². The van der Waals surface area contributed by atoms with Crippen LogP contribution in [0.3, 0.4) is 0 Å². The molecule has 7 nitrogen and oxygen atoms in total. The van der Waals surface area contributed by atoms with Gasteiger partial charge in [0.15, 0.2) is 34.9 Å². The van der Waals surface area contributed by atoms with Gasteiger partial charge in [0.05, 0.1) is 0 Å². The summed E-state index contributed by atoms with van der Waals surface area (Å²) in [5.41, 5.74) is 26.3. The van der Waals surface area contributed by atoms with E-state index in [4.69, 9.17) is 34.3 Å². The Hall–Kier alpha value is -12.8. The van der Waals surface area contributed by atoms with Crippen LogP contribution < -0.4 is 0 Å². The second kappa shape index (κ2) is 28.7. The summed E-state index contributed by atoms with van der Waals surface area (Å²) in [6.45, 7) is 0. The molecule has 0 radical (unpaired) electrons. The molecule has 3 aromatic heterocycles. The monoisotopic (exact) mass is 1550 g/mol. The Bertz CT molecular complexity index is 5980. The van der Waals surface area contributed by atoms with Gasteiger partial charge in [0.25, 0.3) is 0 Å². The van der Waals surface area contributed by atoms with Gasteiger partial charge >= 0.3 is 31.1 Å². The van der Waals surface area contributed by atoms with Gasteiger partial charge in [0.1, 0.15) is 11.2 Å². The van der Waals surface area contributed by atoms with E-state index in [-0.39, 0.29) is 31.1 Å². The summed E-state index contributed by atoms with van der Waals surface area (Å²) in [6.07, 6.45) is 0. The zero-order chi connectivity index (χ0) is 68.4. The first-order valence-corrected chi connectivity index (χ1v) is 34.4. The molecule has 18 aromatic rings. The molecule has 484 valence electrons. The number of hydrogen-bond donors (Lipinski definition) is 0. The van der Waals surface area contributed by atoms with Gasteiger partial charge in [-0.2, -0.15) is 36.4 Å². The Kier molecular flexibility index (Phi) is 17.8. The van der Waals surface area contributed by atoms with Gasteiger partial charge in [-0.3, -0.25) is 0 Å². The quantitative estimate of drug-likeness (QED) is 0.0945. The molecule has 8 heteroatoms. The van der Waals surface area contributed by atoms with E-state index in [9.17, 15) is 0 Å². The third-order valence-corrected chi connectivity index (χ3v) is 19.1. The van der Waals surface area contributed by atoms with E-state index in [0.29, 0.717) is 34.9 Å². The van der Waals surface area contributed by atoms with Crippen LogP contribution in [0.25, 0.3) is 190 Å². The minimum atomic E-state index is 0. The first-order chi connectivity index (χ1) is 51.0. The normalized spacial score (nSPS) is 11.2. The van der Waals surface area contributed by atoms with Crippen molar-refractivity contribution in [2.24, 2.45) is 0 Å². The smallest absolute Gasteiger partial charge is 0.456 e. The minimum Gasteiger partial charge on any atom is -0.456 e. The Labute approximate surface area is 627 Å². The number of furan rings is 1. The van der Waals surface area contributed by atoms with Crippen molar-refractivity contribution in [1.29, 1.82) is 0 Å². The fourth-order valence-electron chi connectivity index (χ4n) is 13.6. The number of rotatable bonds is 15. The van der Waals surface area contributed by atoms with Crippen molar-refractivity contribution in [3.8, 4) is 168 Å². The fourth-order valence-corrected chi connectivity index (χ4v) is 13.6. The fraction of sp³-hybridized carbons (Fsp3) is 0. The number of hydrogen-bond acceptors (Lipinski definition) is 7. The van der Waals surface area contributed by atoms with Gasteiger partial charge in [-0.25, -0.2) is 41.0 Å². The van der Waals surface area contributed by atoms with E-state index in [1.54, 1.807) is 0 Å². The summed E-state index contributed by atoms with van der Waals surface area (Å²) in [5, 5.41) is 2.14. The molecule has 0 N–H and O–H groups in total. The zero-order valence-corrected chi connectivity index (χ0v) is 60.4. The summed E-state index contributed by atoms with van der Waals surface area (Å²) < 4.78 is 6.55. The molecule has 15 aromatic carbocycles. The molecule has 0 saturated heterocycles.